The van der Waals surface area contributed by atoms with Crippen LogP contribution in [0.25, 0.3) is 0 Å². The number of carbonyl (C=O) groups excluding carboxylic acids is 1. The summed E-state index contributed by atoms with van der Waals surface area (Å²) in [6.07, 6.45) is 0. The second kappa shape index (κ2) is 9.85. The predicted molar refractivity (Wildman–Crippen MR) is 117 cm³/mol. The number of ether oxygens (including phenoxy) is 2. The number of rotatable bonds is 8. The molecular formula is C23H23ClN2O3. The highest BCUT2D eigenvalue weighted by Crippen LogP contribution is 2.25. The lowest BCUT2D eigenvalue weighted by atomic mass is 10.2. The van der Waals surface area contributed by atoms with Gasteiger partial charge in [-0.05, 0) is 61.5 Å². The van der Waals surface area contributed by atoms with Gasteiger partial charge < -0.3 is 20.1 Å². The summed E-state index contributed by atoms with van der Waals surface area (Å²) < 4.78 is 10.9. The van der Waals surface area contributed by atoms with E-state index in [0.29, 0.717) is 17.3 Å². The zero-order chi connectivity index (χ0) is 20.6. The van der Waals surface area contributed by atoms with E-state index in [1.807, 2.05) is 61.5 Å². The van der Waals surface area contributed by atoms with E-state index in [0.717, 1.165) is 28.3 Å². The SMILES string of the molecule is COc1ccc(NCc2cc(Cl)ccc2OCC(=O)Nc2ccc(C)cc2)cc1. The van der Waals surface area contributed by atoms with Crippen molar-refractivity contribution in [1.29, 1.82) is 0 Å². The van der Waals surface area contributed by atoms with Crippen LogP contribution in [0.4, 0.5) is 11.4 Å². The quantitative estimate of drug-likeness (QED) is 0.530. The minimum atomic E-state index is -0.224. The van der Waals surface area contributed by atoms with E-state index < -0.39 is 0 Å². The lowest BCUT2D eigenvalue weighted by Crippen LogP contribution is -2.20. The Morgan fingerprint density at radius 3 is 2.34 bits per heavy atom. The molecule has 3 rings (SSSR count). The second-order valence-corrected chi connectivity index (χ2v) is 6.97. The first kappa shape index (κ1) is 20.6. The van der Waals surface area contributed by atoms with Crippen molar-refractivity contribution in [2.24, 2.45) is 0 Å². The molecule has 0 fully saturated rings. The molecular weight excluding hydrogens is 388 g/mol. The lowest BCUT2D eigenvalue weighted by Gasteiger charge is -2.14. The van der Waals surface area contributed by atoms with Crippen molar-refractivity contribution in [3.8, 4) is 11.5 Å². The molecule has 0 radical (unpaired) electrons. The van der Waals surface area contributed by atoms with Crippen molar-refractivity contribution in [1.82, 2.24) is 0 Å². The van der Waals surface area contributed by atoms with Crippen molar-refractivity contribution in [2.45, 2.75) is 13.5 Å². The number of carbonyl (C=O) groups is 1. The van der Waals surface area contributed by atoms with E-state index in [1.165, 1.54) is 0 Å². The first-order valence-electron chi connectivity index (χ1n) is 9.19. The number of hydrogen-bond donors (Lipinski definition) is 2. The van der Waals surface area contributed by atoms with Crippen LogP contribution >= 0.6 is 11.6 Å². The van der Waals surface area contributed by atoms with Gasteiger partial charge in [-0.1, -0.05) is 29.3 Å². The molecule has 150 valence electrons. The van der Waals surface area contributed by atoms with Crippen LogP contribution in [0, 0.1) is 6.92 Å². The maximum Gasteiger partial charge on any atom is 0.262 e. The Morgan fingerprint density at radius 2 is 1.66 bits per heavy atom. The molecule has 0 saturated heterocycles. The number of hydrogen-bond acceptors (Lipinski definition) is 4. The fourth-order valence-electron chi connectivity index (χ4n) is 2.71. The van der Waals surface area contributed by atoms with Crippen LogP contribution in [-0.4, -0.2) is 19.6 Å². The van der Waals surface area contributed by atoms with Gasteiger partial charge in [0.05, 0.1) is 7.11 Å². The number of aryl methyl sites for hydroxylation is 1. The molecule has 5 nitrogen and oxygen atoms in total. The minimum absolute atomic E-state index is 0.0922. The van der Waals surface area contributed by atoms with Crippen LogP contribution in [0.5, 0.6) is 11.5 Å². The molecule has 0 aliphatic heterocycles. The Balaban J connectivity index is 1.60. The Hall–Kier alpha value is -3.18. The first-order chi connectivity index (χ1) is 14.0. The average Bonchev–Trinajstić information content (AvgIpc) is 2.73. The van der Waals surface area contributed by atoms with Gasteiger partial charge >= 0.3 is 0 Å². The molecule has 0 spiro atoms. The summed E-state index contributed by atoms with van der Waals surface area (Å²) in [6.45, 7) is 2.41. The fraction of sp³-hybridized carbons (Fsp3) is 0.174. The topological polar surface area (TPSA) is 59.6 Å². The molecule has 2 N–H and O–H groups in total. The van der Waals surface area contributed by atoms with Crippen LogP contribution in [-0.2, 0) is 11.3 Å². The first-order valence-corrected chi connectivity index (χ1v) is 9.57. The Morgan fingerprint density at radius 1 is 0.966 bits per heavy atom. The van der Waals surface area contributed by atoms with Crippen LogP contribution in [0.1, 0.15) is 11.1 Å². The van der Waals surface area contributed by atoms with E-state index in [4.69, 9.17) is 21.1 Å². The maximum absolute atomic E-state index is 12.2. The molecule has 0 atom stereocenters. The van der Waals surface area contributed by atoms with Gasteiger partial charge in [-0.15, -0.1) is 0 Å². The molecule has 0 saturated carbocycles. The number of methoxy groups -OCH3 is 1. The number of anilines is 2. The van der Waals surface area contributed by atoms with Crippen molar-refractivity contribution in [3.63, 3.8) is 0 Å². The summed E-state index contributed by atoms with van der Waals surface area (Å²) in [7, 11) is 1.63. The molecule has 3 aromatic carbocycles. The summed E-state index contributed by atoms with van der Waals surface area (Å²) in [4.78, 5) is 12.2. The van der Waals surface area contributed by atoms with Gasteiger partial charge in [-0.2, -0.15) is 0 Å². The largest absolute Gasteiger partial charge is 0.497 e. The molecule has 0 heterocycles. The average molecular weight is 411 g/mol. The highest BCUT2D eigenvalue weighted by atomic mass is 35.5. The summed E-state index contributed by atoms with van der Waals surface area (Å²) in [6, 6.07) is 20.6. The molecule has 0 unspecified atom stereocenters. The monoisotopic (exact) mass is 410 g/mol. The smallest absolute Gasteiger partial charge is 0.262 e. The van der Waals surface area contributed by atoms with E-state index in [9.17, 15) is 4.79 Å². The van der Waals surface area contributed by atoms with Crippen molar-refractivity contribution in [3.05, 3.63) is 82.9 Å². The molecule has 3 aromatic rings. The van der Waals surface area contributed by atoms with Gasteiger partial charge in [0.1, 0.15) is 11.5 Å². The van der Waals surface area contributed by atoms with Crippen LogP contribution in [0.2, 0.25) is 5.02 Å². The maximum atomic E-state index is 12.2. The van der Waals surface area contributed by atoms with Crippen molar-refractivity contribution >= 4 is 28.9 Å². The van der Waals surface area contributed by atoms with E-state index >= 15 is 0 Å². The molecule has 1 amide bonds. The number of amides is 1. The van der Waals surface area contributed by atoms with E-state index in [2.05, 4.69) is 10.6 Å². The fourth-order valence-corrected chi connectivity index (χ4v) is 2.91. The molecule has 6 heteroatoms. The van der Waals surface area contributed by atoms with Gasteiger partial charge in [-0.25, -0.2) is 0 Å². The zero-order valence-corrected chi connectivity index (χ0v) is 17.1. The third-order valence-electron chi connectivity index (χ3n) is 4.29. The van der Waals surface area contributed by atoms with E-state index in [-0.39, 0.29) is 12.5 Å². The van der Waals surface area contributed by atoms with Crippen LogP contribution < -0.4 is 20.1 Å². The Labute approximate surface area is 175 Å². The van der Waals surface area contributed by atoms with Gasteiger partial charge in [0.15, 0.2) is 6.61 Å². The Bertz CT molecular complexity index is 957. The van der Waals surface area contributed by atoms with Crippen molar-refractivity contribution < 1.29 is 14.3 Å². The van der Waals surface area contributed by atoms with Gasteiger partial charge in [0, 0.05) is 28.5 Å². The Kier molecular flexibility index (Phi) is 6.98. The molecule has 0 aromatic heterocycles. The molecule has 0 bridgehead atoms. The summed E-state index contributed by atoms with van der Waals surface area (Å²) in [5.41, 5.74) is 3.67. The third-order valence-corrected chi connectivity index (χ3v) is 4.52. The summed E-state index contributed by atoms with van der Waals surface area (Å²) in [5.74, 6) is 1.18. The lowest BCUT2D eigenvalue weighted by molar-refractivity contribution is -0.118. The summed E-state index contributed by atoms with van der Waals surface area (Å²) in [5, 5.41) is 6.74. The van der Waals surface area contributed by atoms with Gasteiger partial charge in [-0.3, -0.25) is 4.79 Å². The van der Waals surface area contributed by atoms with Crippen molar-refractivity contribution in [2.75, 3.05) is 24.4 Å². The predicted octanol–water partition coefficient (Wildman–Crippen LogP) is 5.29. The standard InChI is InChI=1S/C23H23ClN2O3/c1-16-3-6-20(7-4-16)26-23(27)15-29-22-12-5-18(24)13-17(22)14-25-19-8-10-21(28-2)11-9-19/h3-13,25H,14-15H2,1-2H3,(H,26,27). The number of benzene rings is 3. The van der Waals surface area contributed by atoms with Crippen LogP contribution in [0.15, 0.2) is 66.7 Å². The van der Waals surface area contributed by atoms with Gasteiger partial charge in [0.25, 0.3) is 5.91 Å². The highest BCUT2D eigenvalue weighted by Gasteiger charge is 2.09. The third kappa shape index (κ3) is 6.16. The molecule has 0 aliphatic rings. The zero-order valence-electron chi connectivity index (χ0n) is 16.4. The van der Waals surface area contributed by atoms with Gasteiger partial charge in [0.2, 0.25) is 0 Å². The normalized spacial score (nSPS) is 10.3. The second-order valence-electron chi connectivity index (χ2n) is 6.54. The highest BCUT2D eigenvalue weighted by molar-refractivity contribution is 6.30. The molecule has 0 aliphatic carbocycles. The minimum Gasteiger partial charge on any atom is -0.497 e. The number of nitrogens with one attached hydrogen (secondary N) is 2. The summed E-state index contributed by atoms with van der Waals surface area (Å²) >= 11 is 6.14. The number of halogens is 1. The molecule has 29 heavy (non-hydrogen) atoms. The van der Waals surface area contributed by atoms with Crippen LogP contribution in [0.3, 0.4) is 0 Å². The van der Waals surface area contributed by atoms with E-state index in [1.54, 1.807) is 19.2 Å².